The fourth-order valence-corrected chi connectivity index (χ4v) is 5.08. The first kappa shape index (κ1) is 16.3. The Labute approximate surface area is 126 Å². The highest BCUT2D eigenvalue weighted by Gasteiger charge is 2.45. The van der Waals surface area contributed by atoms with Gasteiger partial charge in [0.05, 0.1) is 0 Å². The second-order valence-corrected chi connectivity index (χ2v) is 8.38. The molecule has 2 nitrogen and oxygen atoms in total. The Bertz CT molecular complexity index is 295. The molecule has 2 aliphatic rings. The van der Waals surface area contributed by atoms with Crippen molar-refractivity contribution in [2.45, 2.75) is 77.3 Å². The van der Waals surface area contributed by atoms with Crippen LogP contribution in [0.4, 0.5) is 0 Å². The van der Waals surface area contributed by atoms with E-state index in [0.717, 1.165) is 23.7 Å². The minimum Gasteiger partial charge on any atom is -0.326 e. The molecular formula is C18H36N2. The largest absolute Gasteiger partial charge is 0.326 e. The molecule has 0 radical (unpaired) electrons. The van der Waals surface area contributed by atoms with Gasteiger partial charge in [0.25, 0.3) is 0 Å². The molecule has 2 aliphatic carbocycles. The van der Waals surface area contributed by atoms with Crippen LogP contribution in [-0.4, -0.2) is 30.6 Å². The van der Waals surface area contributed by atoms with E-state index in [2.05, 4.69) is 39.8 Å². The fraction of sp³-hybridized carbons (Fsp3) is 1.00. The lowest BCUT2D eigenvalue weighted by molar-refractivity contribution is 0.0191. The van der Waals surface area contributed by atoms with Crippen LogP contribution < -0.4 is 5.73 Å². The van der Waals surface area contributed by atoms with Crippen molar-refractivity contribution in [1.82, 2.24) is 4.90 Å². The van der Waals surface area contributed by atoms with Crippen LogP contribution in [-0.2, 0) is 0 Å². The van der Waals surface area contributed by atoms with Gasteiger partial charge in [0.2, 0.25) is 0 Å². The van der Waals surface area contributed by atoms with Crippen LogP contribution in [0.5, 0.6) is 0 Å². The van der Waals surface area contributed by atoms with Gasteiger partial charge in [0.1, 0.15) is 0 Å². The molecule has 2 saturated carbocycles. The maximum absolute atomic E-state index is 6.89. The summed E-state index contributed by atoms with van der Waals surface area (Å²) in [4.78, 5) is 2.47. The van der Waals surface area contributed by atoms with Gasteiger partial charge >= 0.3 is 0 Å². The molecule has 0 bridgehead atoms. The highest BCUT2D eigenvalue weighted by Crippen LogP contribution is 2.43. The van der Waals surface area contributed by atoms with E-state index in [1.54, 1.807) is 0 Å². The number of nitrogens with zero attached hydrogens (tertiary/aromatic N) is 1. The topological polar surface area (TPSA) is 29.3 Å². The summed E-state index contributed by atoms with van der Waals surface area (Å²) in [6.45, 7) is 7.23. The molecule has 2 rings (SSSR count). The number of hydrogen-bond acceptors (Lipinski definition) is 2. The van der Waals surface area contributed by atoms with E-state index in [1.807, 2.05) is 0 Å². The zero-order valence-electron chi connectivity index (χ0n) is 14.4. The third-order valence-corrected chi connectivity index (χ3v) is 6.37. The fourth-order valence-electron chi connectivity index (χ4n) is 5.08. The smallest absolute Gasteiger partial charge is 0.0357 e. The van der Waals surface area contributed by atoms with Crippen molar-refractivity contribution in [3.8, 4) is 0 Å². The number of nitrogens with two attached hydrogens (primary N) is 1. The molecule has 0 aromatic carbocycles. The lowest BCUT2D eigenvalue weighted by Crippen LogP contribution is -2.62. The Morgan fingerprint density at radius 3 is 1.85 bits per heavy atom. The van der Waals surface area contributed by atoms with Crippen LogP contribution in [0.1, 0.15) is 65.7 Å². The molecule has 0 amide bonds. The zero-order chi connectivity index (χ0) is 14.9. The van der Waals surface area contributed by atoms with Gasteiger partial charge in [-0.15, -0.1) is 0 Å². The highest BCUT2D eigenvalue weighted by atomic mass is 15.2. The van der Waals surface area contributed by atoms with Crippen LogP contribution in [0.2, 0.25) is 0 Å². The molecule has 0 heterocycles. The first-order valence-corrected chi connectivity index (χ1v) is 8.78. The molecule has 0 saturated heterocycles. The van der Waals surface area contributed by atoms with E-state index in [-0.39, 0.29) is 5.54 Å². The Kier molecular flexibility index (Phi) is 5.18. The Hall–Kier alpha value is -0.0800. The molecule has 2 heteroatoms. The summed E-state index contributed by atoms with van der Waals surface area (Å²) in [5.74, 6) is 3.33. The van der Waals surface area contributed by atoms with Crippen LogP contribution in [0.25, 0.3) is 0 Å². The first-order chi connectivity index (χ1) is 9.35. The third kappa shape index (κ3) is 3.22. The molecule has 2 fully saturated rings. The van der Waals surface area contributed by atoms with Crippen LogP contribution in [0.15, 0.2) is 0 Å². The molecule has 3 unspecified atom stereocenters. The van der Waals surface area contributed by atoms with Crippen molar-refractivity contribution >= 4 is 0 Å². The number of likely N-dealkylation sites (N-methyl/N-ethyl adjacent to an activating group) is 1. The first-order valence-electron chi connectivity index (χ1n) is 8.78. The van der Waals surface area contributed by atoms with Crippen LogP contribution in [0.3, 0.4) is 0 Å². The second-order valence-electron chi connectivity index (χ2n) is 8.38. The molecule has 0 aliphatic heterocycles. The van der Waals surface area contributed by atoms with Crippen molar-refractivity contribution in [1.29, 1.82) is 0 Å². The molecule has 0 spiro atoms. The predicted octanol–water partition coefficient (Wildman–Crippen LogP) is 3.90. The molecule has 20 heavy (non-hydrogen) atoms. The van der Waals surface area contributed by atoms with Gasteiger partial charge in [-0.1, -0.05) is 20.8 Å². The minimum atomic E-state index is 0.258. The molecule has 118 valence electrons. The van der Waals surface area contributed by atoms with Crippen molar-refractivity contribution in [2.75, 3.05) is 14.1 Å². The highest BCUT2D eigenvalue weighted by molar-refractivity contribution is 5.03. The summed E-state index contributed by atoms with van der Waals surface area (Å²) >= 11 is 0. The van der Waals surface area contributed by atoms with E-state index in [0.29, 0.717) is 6.04 Å². The Balaban J connectivity index is 2.12. The lowest BCUT2D eigenvalue weighted by Gasteiger charge is -2.52. The van der Waals surface area contributed by atoms with Crippen molar-refractivity contribution in [3.05, 3.63) is 0 Å². The minimum absolute atomic E-state index is 0.258. The van der Waals surface area contributed by atoms with Gasteiger partial charge in [-0.25, -0.2) is 0 Å². The van der Waals surface area contributed by atoms with Gasteiger partial charge in [-0.2, -0.15) is 0 Å². The maximum atomic E-state index is 6.89. The monoisotopic (exact) mass is 280 g/mol. The molecule has 3 atom stereocenters. The molecule has 0 aromatic heterocycles. The third-order valence-electron chi connectivity index (χ3n) is 6.37. The predicted molar refractivity (Wildman–Crippen MR) is 87.7 cm³/mol. The second kappa shape index (κ2) is 6.36. The average molecular weight is 281 g/mol. The van der Waals surface area contributed by atoms with Gasteiger partial charge in [-0.3, -0.25) is 0 Å². The summed E-state index contributed by atoms with van der Waals surface area (Å²) in [5, 5.41) is 0. The number of hydrogen-bond donors (Lipinski definition) is 1. The SMILES string of the molecule is CC1CCC(C(N)C2CC(C)CC(C)C2)(N(C)C)CC1. The Morgan fingerprint density at radius 1 is 0.900 bits per heavy atom. The maximum Gasteiger partial charge on any atom is 0.0357 e. The van der Waals surface area contributed by atoms with Crippen LogP contribution in [0, 0.1) is 23.7 Å². The summed E-state index contributed by atoms with van der Waals surface area (Å²) in [5.41, 5.74) is 7.15. The summed E-state index contributed by atoms with van der Waals surface area (Å²) in [6, 6.07) is 0.357. The van der Waals surface area contributed by atoms with E-state index in [9.17, 15) is 0 Å². The molecule has 0 aromatic rings. The standard InChI is InChI=1S/C18H36N2/c1-13-6-8-18(9-7-13,20(4)5)17(19)16-11-14(2)10-15(3)12-16/h13-17H,6-12,19H2,1-5H3. The van der Waals surface area contributed by atoms with E-state index in [1.165, 1.54) is 44.9 Å². The summed E-state index contributed by atoms with van der Waals surface area (Å²) < 4.78 is 0. The van der Waals surface area contributed by atoms with Gasteiger partial charge < -0.3 is 10.6 Å². The molecular weight excluding hydrogens is 244 g/mol. The Morgan fingerprint density at radius 2 is 1.40 bits per heavy atom. The lowest BCUT2D eigenvalue weighted by atomic mass is 9.64. The van der Waals surface area contributed by atoms with Gasteiger partial charge in [0, 0.05) is 11.6 Å². The van der Waals surface area contributed by atoms with Gasteiger partial charge in [0.15, 0.2) is 0 Å². The average Bonchev–Trinajstić information content (AvgIpc) is 2.37. The van der Waals surface area contributed by atoms with E-state index >= 15 is 0 Å². The van der Waals surface area contributed by atoms with E-state index in [4.69, 9.17) is 5.73 Å². The van der Waals surface area contributed by atoms with Crippen molar-refractivity contribution in [2.24, 2.45) is 29.4 Å². The zero-order valence-corrected chi connectivity index (χ0v) is 14.4. The summed E-state index contributed by atoms with van der Waals surface area (Å²) in [6.07, 6.45) is 9.37. The van der Waals surface area contributed by atoms with Crippen molar-refractivity contribution in [3.63, 3.8) is 0 Å². The quantitative estimate of drug-likeness (QED) is 0.849. The van der Waals surface area contributed by atoms with Crippen molar-refractivity contribution < 1.29 is 0 Å². The number of rotatable bonds is 3. The summed E-state index contributed by atoms with van der Waals surface area (Å²) in [7, 11) is 4.51. The normalized spacial score (nSPS) is 44.5. The van der Waals surface area contributed by atoms with Gasteiger partial charge in [-0.05, 0) is 82.7 Å². The molecule has 2 N–H and O–H groups in total. The van der Waals surface area contributed by atoms with Crippen LogP contribution >= 0.6 is 0 Å². The van der Waals surface area contributed by atoms with E-state index < -0.39 is 0 Å².